The lowest BCUT2D eigenvalue weighted by molar-refractivity contribution is -0.121. The molecule has 2 N–H and O–H groups in total. The largest absolute Gasteiger partial charge is 0.386 e. The molecule has 1 atom stereocenters. The van der Waals surface area contributed by atoms with E-state index in [4.69, 9.17) is 0 Å². The van der Waals surface area contributed by atoms with Gasteiger partial charge in [0, 0.05) is 43.8 Å². The number of β-amino-alcohol motifs (C(OH)–C–C–N with tert-alkyl or cyclic N) is 1. The number of carbonyl (C=O) groups is 1. The zero-order valence-corrected chi connectivity index (χ0v) is 14.9. The van der Waals surface area contributed by atoms with Crippen molar-refractivity contribution in [1.82, 2.24) is 25.1 Å². The third-order valence-electron chi connectivity index (χ3n) is 4.78. The predicted molar refractivity (Wildman–Crippen MR) is 93.2 cm³/mol. The molecule has 25 heavy (non-hydrogen) atoms. The van der Waals surface area contributed by atoms with Crippen molar-refractivity contribution in [1.29, 1.82) is 0 Å². The lowest BCUT2D eigenvalue weighted by Gasteiger charge is -2.23. The maximum atomic E-state index is 12.3. The van der Waals surface area contributed by atoms with Gasteiger partial charge >= 0.3 is 0 Å². The molecule has 1 amide bonds. The van der Waals surface area contributed by atoms with Crippen LogP contribution < -0.4 is 10.2 Å². The standard InChI is InChI=1S/C17H24N6O2/c1-12-14(13(2)22(3)21-12)9-15(24)20-10-17(25)5-8-23(11-17)16-18-6-4-7-19-16/h4,6-7,25H,5,8-11H2,1-3H3,(H,20,24)/t17-/m1/s1. The maximum absolute atomic E-state index is 12.3. The number of amides is 1. The van der Waals surface area contributed by atoms with E-state index >= 15 is 0 Å². The minimum absolute atomic E-state index is 0.109. The number of anilines is 1. The molecule has 1 saturated heterocycles. The second kappa shape index (κ2) is 6.79. The van der Waals surface area contributed by atoms with Crippen LogP contribution in [-0.2, 0) is 18.3 Å². The van der Waals surface area contributed by atoms with Crippen molar-refractivity contribution in [2.24, 2.45) is 7.05 Å². The first kappa shape index (κ1) is 17.3. The van der Waals surface area contributed by atoms with Gasteiger partial charge in [0.2, 0.25) is 11.9 Å². The van der Waals surface area contributed by atoms with Crippen LogP contribution in [0.5, 0.6) is 0 Å². The zero-order chi connectivity index (χ0) is 18.0. The summed E-state index contributed by atoms with van der Waals surface area (Å²) in [4.78, 5) is 22.6. The Morgan fingerprint density at radius 1 is 1.36 bits per heavy atom. The number of nitrogens with one attached hydrogen (secondary N) is 1. The SMILES string of the molecule is Cc1nn(C)c(C)c1CC(=O)NC[C@]1(O)CCN(c2ncccn2)C1. The highest BCUT2D eigenvalue weighted by atomic mass is 16.3. The Morgan fingerprint density at radius 2 is 2.08 bits per heavy atom. The van der Waals surface area contributed by atoms with Crippen molar-refractivity contribution in [3.8, 4) is 0 Å². The molecule has 0 saturated carbocycles. The van der Waals surface area contributed by atoms with Crippen LogP contribution in [0.3, 0.4) is 0 Å². The molecule has 0 radical (unpaired) electrons. The van der Waals surface area contributed by atoms with Gasteiger partial charge in [-0.25, -0.2) is 9.97 Å². The number of aliphatic hydroxyl groups is 1. The monoisotopic (exact) mass is 344 g/mol. The highest BCUT2D eigenvalue weighted by Gasteiger charge is 2.37. The van der Waals surface area contributed by atoms with Crippen molar-refractivity contribution in [3.05, 3.63) is 35.4 Å². The number of aryl methyl sites for hydroxylation is 2. The molecular weight excluding hydrogens is 320 g/mol. The van der Waals surface area contributed by atoms with Crippen LogP contribution in [0.15, 0.2) is 18.5 Å². The molecule has 0 aliphatic carbocycles. The topological polar surface area (TPSA) is 96.2 Å². The summed E-state index contributed by atoms with van der Waals surface area (Å²) in [7, 11) is 1.87. The summed E-state index contributed by atoms with van der Waals surface area (Å²) in [6.07, 6.45) is 4.20. The first-order valence-corrected chi connectivity index (χ1v) is 8.38. The first-order valence-electron chi connectivity index (χ1n) is 8.38. The van der Waals surface area contributed by atoms with Gasteiger partial charge in [-0.05, 0) is 26.3 Å². The van der Waals surface area contributed by atoms with E-state index in [2.05, 4.69) is 20.4 Å². The van der Waals surface area contributed by atoms with Crippen molar-refractivity contribution in [3.63, 3.8) is 0 Å². The zero-order valence-electron chi connectivity index (χ0n) is 14.9. The van der Waals surface area contributed by atoms with Gasteiger partial charge < -0.3 is 15.3 Å². The lowest BCUT2D eigenvalue weighted by atomic mass is 10.0. The van der Waals surface area contributed by atoms with Crippen LogP contribution in [-0.4, -0.2) is 56.0 Å². The van der Waals surface area contributed by atoms with E-state index in [1.54, 1.807) is 23.1 Å². The number of nitrogens with zero attached hydrogens (tertiary/aromatic N) is 5. The Labute approximate surface area is 146 Å². The maximum Gasteiger partial charge on any atom is 0.225 e. The van der Waals surface area contributed by atoms with Gasteiger partial charge in [0.05, 0.1) is 18.7 Å². The van der Waals surface area contributed by atoms with Crippen molar-refractivity contribution in [2.75, 3.05) is 24.5 Å². The Bertz CT molecular complexity index is 760. The molecule has 3 heterocycles. The summed E-state index contributed by atoms with van der Waals surface area (Å²) in [5.41, 5.74) is 1.83. The Kier molecular flexibility index (Phi) is 4.71. The van der Waals surface area contributed by atoms with Gasteiger partial charge in [-0.15, -0.1) is 0 Å². The highest BCUT2D eigenvalue weighted by molar-refractivity contribution is 5.79. The second-order valence-electron chi connectivity index (χ2n) is 6.67. The van der Waals surface area contributed by atoms with E-state index in [1.165, 1.54) is 0 Å². The molecule has 1 fully saturated rings. The Morgan fingerprint density at radius 3 is 2.72 bits per heavy atom. The fraction of sp³-hybridized carbons (Fsp3) is 0.529. The summed E-state index contributed by atoms with van der Waals surface area (Å²) in [6.45, 7) is 5.13. The molecule has 0 bridgehead atoms. The summed E-state index contributed by atoms with van der Waals surface area (Å²) >= 11 is 0. The highest BCUT2D eigenvalue weighted by Crippen LogP contribution is 2.23. The normalized spacial score (nSPS) is 20.1. The van der Waals surface area contributed by atoms with Crippen molar-refractivity contribution in [2.45, 2.75) is 32.3 Å². The van der Waals surface area contributed by atoms with E-state index < -0.39 is 5.60 Å². The number of hydrogen-bond donors (Lipinski definition) is 2. The van der Waals surface area contributed by atoms with E-state index in [9.17, 15) is 9.90 Å². The van der Waals surface area contributed by atoms with Gasteiger partial charge in [-0.3, -0.25) is 9.48 Å². The fourth-order valence-electron chi connectivity index (χ4n) is 3.19. The quantitative estimate of drug-likeness (QED) is 0.800. The van der Waals surface area contributed by atoms with Gasteiger partial charge in [0.25, 0.3) is 0 Å². The number of hydrogen-bond acceptors (Lipinski definition) is 6. The first-order chi connectivity index (χ1) is 11.9. The average Bonchev–Trinajstić information content (AvgIpc) is 3.10. The van der Waals surface area contributed by atoms with E-state index in [0.29, 0.717) is 25.5 Å². The van der Waals surface area contributed by atoms with Gasteiger partial charge in [0.1, 0.15) is 5.60 Å². The molecule has 2 aromatic rings. The van der Waals surface area contributed by atoms with Crippen LogP contribution in [0.25, 0.3) is 0 Å². The number of aromatic nitrogens is 4. The lowest BCUT2D eigenvalue weighted by Crippen LogP contribution is -2.45. The van der Waals surface area contributed by atoms with Gasteiger partial charge in [0.15, 0.2) is 0 Å². The summed E-state index contributed by atoms with van der Waals surface area (Å²) in [6, 6.07) is 1.76. The minimum atomic E-state index is -0.964. The van der Waals surface area contributed by atoms with E-state index in [0.717, 1.165) is 17.0 Å². The summed E-state index contributed by atoms with van der Waals surface area (Å²) in [5, 5.41) is 17.9. The van der Waals surface area contributed by atoms with Crippen LogP contribution in [0.1, 0.15) is 23.4 Å². The smallest absolute Gasteiger partial charge is 0.225 e. The summed E-state index contributed by atoms with van der Waals surface area (Å²) < 4.78 is 1.78. The van der Waals surface area contributed by atoms with Gasteiger partial charge in [-0.1, -0.05) is 0 Å². The molecule has 3 rings (SSSR count). The minimum Gasteiger partial charge on any atom is -0.386 e. The number of rotatable bonds is 5. The predicted octanol–water partition coefficient (Wildman–Crippen LogP) is 0.127. The third kappa shape index (κ3) is 3.79. The molecule has 1 aliphatic heterocycles. The molecule has 0 spiro atoms. The van der Waals surface area contributed by atoms with Gasteiger partial charge in [-0.2, -0.15) is 5.10 Å². The fourth-order valence-corrected chi connectivity index (χ4v) is 3.19. The van der Waals surface area contributed by atoms with Crippen molar-refractivity contribution >= 4 is 11.9 Å². The third-order valence-corrected chi connectivity index (χ3v) is 4.78. The summed E-state index contributed by atoms with van der Waals surface area (Å²) in [5.74, 6) is 0.494. The molecule has 0 unspecified atom stereocenters. The van der Waals surface area contributed by atoms with E-state index in [1.807, 2.05) is 25.8 Å². The molecule has 134 valence electrons. The number of carbonyl (C=O) groups excluding carboxylic acids is 1. The Hall–Kier alpha value is -2.48. The van der Waals surface area contributed by atoms with Crippen LogP contribution in [0.4, 0.5) is 5.95 Å². The van der Waals surface area contributed by atoms with Crippen LogP contribution >= 0.6 is 0 Å². The second-order valence-corrected chi connectivity index (χ2v) is 6.67. The average molecular weight is 344 g/mol. The molecule has 2 aromatic heterocycles. The van der Waals surface area contributed by atoms with Crippen molar-refractivity contribution < 1.29 is 9.90 Å². The van der Waals surface area contributed by atoms with Crippen LogP contribution in [0, 0.1) is 13.8 Å². The Balaban J connectivity index is 1.55. The van der Waals surface area contributed by atoms with E-state index in [-0.39, 0.29) is 18.9 Å². The molecule has 1 aliphatic rings. The van der Waals surface area contributed by atoms with Crippen LogP contribution in [0.2, 0.25) is 0 Å². The molecular formula is C17H24N6O2. The molecule has 8 heteroatoms. The molecule has 8 nitrogen and oxygen atoms in total. The molecule has 0 aromatic carbocycles.